The number of hydrogen-bond donors (Lipinski definition) is 2. The Morgan fingerprint density at radius 2 is 1.86 bits per heavy atom. The van der Waals surface area contributed by atoms with Gasteiger partial charge in [0, 0.05) is 11.9 Å². The van der Waals surface area contributed by atoms with E-state index in [1.165, 1.54) is 48.6 Å². The van der Waals surface area contributed by atoms with Crippen molar-refractivity contribution in [2.45, 2.75) is 43.0 Å². The number of carbonyl (C=O) groups excluding carboxylic acids is 1. The third-order valence-corrected chi connectivity index (χ3v) is 8.73. The zero-order valence-electron chi connectivity index (χ0n) is 19.8. The molecular weight excluding hydrogens is 513 g/mol. The molecule has 3 aliphatic rings. The first-order valence-electron chi connectivity index (χ1n) is 12.4. The topological polar surface area (TPSA) is 70.1 Å². The van der Waals surface area contributed by atoms with Gasteiger partial charge in [-0.2, -0.15) is 0 Å². The summed E-state index contributed by atoms with van der Waals surface area (Å²) in [5.74, 6) is 2.11. The van der Waals surface area contributed by atoms with Crippen molar-refractivity contribution >= 4 is 58.2 Å². The molecule has 2 aromatic carbocycles. The lowest BCUT2D eigenvalue weighted by Crippen LogP contribution is -2.35. The van der Waals surface area contributed by atoms with Crippen molar-refractivity contribution in [1.29, 1.82) is 0 Å². The fourth-order valence-electron chi connectivity index (χ4n) is 5.08. The molecule has 6 nitrogen and oxygen atoms in total. The average molecular weight is 541 g/mol. The van der Waals surface area contributed by atoms with Crippen LogP contribution in [0.25, 0.3) is 0 Å². The first kappa shape index (κ1) is 24.0. The van der Waals surface area contributed by atoms with Gasteiger partial charge in [-0.05, 0) is 92.4 Å². The number of amides is 1. The summed E-state index contributed by atoms with van der Waals surface area (Å²) in [7, 11) is 0. The van der Waals surface area contributed by atoms with Crippen molar-refractivity contribution in [3.8, 4) is 0 Å². The minimum absolute atomic E-state index is 0.205. The van der Waals surface area contributed by atoms with Gasteiger partial charge < -0.3 is 10.6 Å². The highest BCUT2D eigenvalue weighted by molar-refractivity contribution is 7.99. The first-order valence-corrected chi connectivity index (χ1v) is 14.2. The number of benzene rings is 2. The van der Waals surface area contributed by atoms with Gasteiger partial charge in [-0.25, -0.2) is 9.97 Å². The summed E-state index contributed by atoms with van der Waals surface area (Å²) in [5, 5.41) is 8.39. The molecule has 0 atom stereocenters. The number of fused-ring (bicyclic) bond motifs is 1. The minimum Gasteiger partial charge on any atom is -0.324 e. The Balaban J connectivity index is 1.23. The molecular formula is C27H27Cl2N5OS. The number of thioether (sulfide) groups is 1. The molecule has 2 fully saturated rings. The van der Waals surface area contributed by atoms with E-state index < -0.39 is 0 Å². The number of aromatic nitrogens is 2. The van der Waals surface area contributed by atoms with E-state index in [1.807, 2.05) is 0 Å². The maximum Gasteiger partial charge on any atom is 0.263 e. The zero-order chi connectivity index (χ0) is 24.6. The van der Waals surface area contributed by atoms with Crippen LogP contribution < -0.4 is 15.5 Å². The van der Waals surface area contributed by atoms with Crippen molar-refractivity contribution in [2.75, 3.05) is 29.2 Å². The molecule has 0 bridgehead atoms. The van der Waals surface area contributed by atoms with Gasteiger partial charge in [-0.1, -0.05) is 47.1 Å². The van der Waals surface area contributed by atoms with Gasteiger partial charge in [0.1, 0.15) is 5.03 Å². The predicted octanol–water partition coefficient (Wildman–Crippen LogP) is 6.66. The fraction of sp³-hybridized carbons (Fsp3) is 0.370. The molecule has 2 N–H and O–H groups in total. The Hall–Kier alpha value is -2.32. The lowest BCUT2D eigenvalue weighted by Gasteiger charge is -2.28. The molecule has 0 radical (unpaired) electrons. The summed E-state index contributed by atoms with van der Waals surface area (Å²) < 4.78 is 0. The van der Waals surface area contributed by atoms with Gasteiger partial charge in [0.15, 0.2) is 0 Å². The normalized spacial score (nSPS) is 18.3. The van der Waals surface area contributed by atoms with Crippen LogP contribution in [-0.4, -0.2) is 34.8 Å². The van der Waals surface area contributed by atoms with Gasteiger partial charge in [-0.15, -0.1) is 0 Å². The molecule has 1 saturated heterocycles. The lowest BCUT2D eigenvalue weighted by molar-refractivity contribution is 0.0985. The Morgan fingerprint density at radius 3 is 2.61 bits per heavy atom. The van der Waals surface area contributed by atoms with Crippen LogP contribution in [0.3, 0.4) is 0 Å². The number of halogens is 2. The van der Waals surface area contributed by atoms with Gasteiger partial charge in [0.2, 0.25) is 5.95 Å². The van der Waals surface area contributed by atoms with E-state index in [1.54, 1.807) is 29.3 Å². The van der Waals surface area contributed by atoms with Crippen molar-refractivity contribution in [1.82, 2.24) is 15.3 Å². The average Bonchev–Trinajstić information content (AvgIpc) is 3.70. The second-order valence-corrected chi connectivity index (χ2v) is 11.4. The molecule has 9 heteroatoms. The van der Waals surface area contributed by atoms with Crippen LogP contribution >= 0.6 is 35.0 Å². The second-order valence-electron chi connectivity index (χ2n) is 9.70. The number of para-hydroxylation sites is 1. The number of rotatable bonds is 6. The Kier molecular flexibility index (Phi) is 6.82. The van der Waals surface area contributed by atoms with Crippen LogP contribution in [-0.2, 0) is 6.42 Å². The van der Waals surface area contributed by atoms with E-state index >= 15 is 0 Å². The van der Waals surface area contributed by atoms with Crippen LogP contribution in [0.15, 0.2) is 47.6 Å². The Morgan fingerprint density at radius 1 is 1.08 bits per heavy atom. The fourth-order valence-corrected chi connectivity index (χ4v) is 6.63. The van der Waals surface area contributed by atoms with Crippen molar-refractivity contribution in [2.24, 2.45) is 5.92 Å². The highest BCUT2D eigenvalue weighted by Gasteiger charge is 2.31. The molecule has 36 heavy (non-hydrogen) atoms. The van der Waals surface area contributed by atoms with Crippen LogP contribution in [0.1, 0.15) is 53.1 Å². The predicted molar refractivity (Wildman–Crippen MR) is 147 cm³/mol. The highest BCUT2D eigenvalue weighted by atomic mass is 35.5. The largest absolute Gasteiger partial charge is 0.324 e. The van der Waals surface area contributed by atoms with E-state index in [4.69, 9.17) is 23.2 Å². The van der Waals surface area contributed by atoms with E-state index in [9.17, 15) is 4.79 Å². The Bertz CT molecular complexity index is 1290. The number of nitrogens with one attached hydrogen (secondary N) is 2. The third kappa shape index (κ3) is 4.94. The summed E-state index contributed by atoms with van der Waals surface area (Å²) in [6.07, 6.45) is 7.79. The first-order chi connectivity index (χ1) is 17.6. The molecule has 0 spiro atoms. The molecule has 1 aromatic heterocycles. The van der Waals surface area contributed by atoms with Crippen molar-refractivity contribution < 1.29 is 4.79 Å². The van der Waals surface area contributed by atoms with E-state index in [0.29, 0.717) is 44.1 Å². The molecule has 6 rings (SSSR count). The van der Waals surface area contributed by atoms with Crippen LogP contribution in [0.4, 0.5) is 17.3 Å². The van der Waals surface area contributed by atoms with Crippen LogP contribution in [0, 0.1) is 5.92 Å². The van der Waals surface area contributed by atoms with Gasteiger partial charge in [0.05, 0.1) is 27.2 Å². The number of anilines is 3. The monoisotopic (exact) mass is 539 g/mol. The van der Waals surface area contributed by atoms with E-state index in [0.717, 1.165) is 31.1 Å². The highest BCUT2D eigenvalue weighted by Crippen LogP contribution is 2.40. The molecule has 2 aliphatic heterocycles. The second kappa shape index (κ2) is 10.2. The van der Waals surface area contributed by atoms with E-state index in [-0.39, 0.29) is 5.91 Å². The summed E-state index contributed by atoms with van der Waals surface area (Å²) in [6.45, 7) is 2.18. The number of nitrogens with zero attached hydrogens (tertiary/aromatic N) is 3. The molecule has 186 valence electrons. The summed E-state index contributed by atoms with van der Waals surface area (Å²) in [4.78, 5) is 23.9. The standard InChI is InChI=1S/C27H27Cl2N5OS/c28-22-2-1-3-23(29)24(22)34-15-36-25-21(26(34)35)14-31-27(33-25)32-19-6-7-20(17-8-10-30-11-9-17)18(13-19)12-16-4-5-16/h1-3,6-7,13-14,16-17,30H,4-5,8-12,15H2,(H,31,32,33). The van der Waals surface area contributed by atoms with Crippen LogP contribution in [0.2, 0.25) is 10.0 Å². The SMILES string of the molecule is O=C1c2cnc(Nc3ccc(C4CCNCC4)c(CC4CC4)c3)nc2SCN1c1c(Cl)cccc1Cl. The van der Waals surface area contributed by atoms with Crippen LogP contribution in [0.5, 0.6) is 0 Å². The van der Waals surface area contributed by atoms with Crippen molar-refractivity contribution in [3.05, 3.63) is 69.3 Å². The van der Waals surface area contributed by atoms with Gasteiger partial charge in [-0.3, -0.25) is 9.69 Å². The summed E-state index contributed by atoms with van der Waals surface area (Å²) in [5.41, 5.74) is 4.90. The minimum atomic E-state index is -0.205. The molecule has 1 saturated carbocycles. The molecule has 1 aliphatic carbocycles. The molecule has 0 unspecified atom stereocenters. The van der Waals surface area contributed by atoms with Crippen molar-refractivity contribution in [3.63, 3.8) is 0 Å². The number of piperidine rings is 1. The summed E-state index contributed by atoms with van der Waals surface area (Å²) >= 11 is 14.2. The van der Waals surface area contributed by atoms with E-state index in [2.05, 4.69) is 38.8 Å². The molecule has 3 aromatic rings. The lowest BCUT2D eigenvalue weighted by atomic mass is 9.85. The van der Waals surface area contributed by atoms with Gasteiger partial charge in [0.25, 0.3) is 5.91 Å². The maximum atomic E-state index is 13.2. The van der Waals surface area contributed by atoms with Gasteiger partial charge >= 0.3 is 0 Å². The smallest absolute Gasteiger partial charge is 0.263 e. The number of hydrogen-bond acceptors (Lipinski definition) is 6. The molecule has 1 amide bonds. The molecule has 3 heterocycles. The zero-order valence-corrected chi connectivity index (χ0v) is 22.1. The maximum absolute atomic E-state index is 13.2. The summed E-state index contributed by atoms with van der Waals surface area (Å²) in [6, 6.07) is 11.9. The Labute approximate surface area is 225 Å². The third-order valence-electron chi connectivity index (χ3n) is 7.15. The number of carbonyl (C=O) groups is 1. The quantitative estimate of drug-likeness (QED) is 0.341.